The Hall–Kier alpha value is -1.98. The Morgan fingerprint density at radius 2 is 1.84 bits per heavy atom. The van der Waals surface area contributed by atoms with Crippen molar-refractivity contribution in [2.75, 3.05) is 47.0 Å². The second-order valence-corrected chi connectivity index (χ2v) is 6.98. The minimum Gasteiger partial charge on any atom is -0.497 e. The molecule has 2 aromatic rings. The minimum absolute atomic E-state index is 0. The number of aliphatic imine (C=N–C) groups is 1. The van der Waals surface area contributed by atoms with Crippen LogP contribution in [0.5, 0.6) is 5.75 Å². The van der Waals surface area contributed by atoms with Crippen molar-refractivity contribution in [3.8, 4) is 5.75 Å². The van der Waals surface area contributed by atoms with Crippen LogP contribution in [-0.2, 0) is 11.3 Å². The van der Waals surface area contributed by atoms with Crippen molar-refractivity contribution < 1.29 is 18.3 Å². The molecule has 2 N–H and O–H groups in total. The van der Waals surface area contributed by atoms with Crippen molar-refractivity contribution in [2.45, 2.75) is 12.6 Å². The highest BCUT2D eigenvalue weighted by Gasteiger charge is 2.23. The maximum Gasteiger partial charge on any atom is 0.191 e. The molecule has 0 aliphatic carbocycles. The number of benzene rings is 2. The monoisotopic (exact) mass is 546 g/mol. The Bertz CT molecular complexity index is 846. The molecule has 1 atom stereocenters. The summed E-state index contributed by atoms with van der Waals surface area (Å²) in [6.45, 7) is 3.78. The van der Waals surface area contributed by atoms with Crippen LogP contribution in [0.2, 0.25) is 0 Å². The van der Waals surface area contributed by atoms with Crippen LogP contribution in [0.25, 0.3) is 0 Å². The molecule has 1 aliphatic rings. The molecule has 1 saturated heterocycles. The van der Waals surface area contributed by atoms with E-state index in [1.54, 1.807) is 14.2 Å². The summed E-state index contributed by atoms with van der Waals surface area (Å²) in [5.41, 5.74) is 1.40. The minimum atomic E-state index is -0.469. The van der Waals surface area contributed by atoms with Gasteiger partial charge in [-0.05, 0) is 35.9 Å². The number of ether oxygens (including phenoxy) is 2. The normalized spacial score (nSPS) is 15.7. The van der Waals surface area contributed by atoms with Crippen molar-refractivity contribution in [2.24, 2.45) is 4.99 Å². The predicted molar refractivity (Wildman–Crippen MR) is 128 cm³/mol. The van der Waals surface area contributed by atoms with E-state index in [0.29, 0.717) is 25.7 Å². The highest BCUT2D eigenvalue weighted by Crippen LogP contribution is 2.23. The maximum atomic E-state index is 13.9. The first-order chi connectivity index (χ1) is 14.6. The number of rotatable bonds is 7. The van der Waals surface area contributed by atoms with Gasteiger partial charge in [-0.15, -0.1) is 24.0 Å². The molecule has 2 aromatic carbocycles. The first kappa shape index (κ1) is 25.3. The van der Waals surface area contributed by atoms with Gasteiger partial charge in [0, 0.05) is 38.8 Å². The number of hydrogen-bond donors (Lipinski definition) is 2. The van der Waals surface area contributed by atoms with E-state index >= 15 is 0 Å². The summed E-state index contributed by atoms with van der Waals surface area (Å²) >= 11 is 0. The van der Waals surface area contributed by atoms with Crippen molar-refractivity contribution in [3.05, 3.63) is 65.2 Å². The van der Waals surface area contributed by atoms with Crippen LogP contribution in [0.3, 0.4) is 0 Å². The molecule has 0 aromatic heterocycles. The molecule has 9 heteroatoms. The number of hydrogen-bond acceptors (Lipinski definition) is 4. The first-order valence-electron chi connectivity index (χ1n) is 9.95. The summed E-state index contributed by atoms with van der Waals surface area (Å²) in [6.07, 6.45) is 0. The molecule has 0 bridgehead atoms. The van der Waals surface area contributed by atoms with Crippen LogP contribution in [0.4, 0.5) is 8.78 Å². The second-order valence-electron chi connectivity index (χ2n) is 6.98. The zero-order chi connectivity index (χ0) is 21.3. The SMILES string of the molecule is CN=C(NCc1cc(F)ccc1F)NCC(c1ccc(OC)cc1)N1CCOCC1.I. The Labute approximate surface area is 199 Å². The molecule has 170 valence electrons. The average Bonchev–Trinajstić information content (AvgIpc) is 2.79. The van der Waals surface area contributed by atoms with Crippen LogP contribution < -0.4 is 15.4 Å². The van der Waals surface area contributed by atoms with Crippen molar-refractivity contribution >= 4 is 29.9 Å². The predicted octanol–water partition coefficient (Wildman–Crippen LogP) is 3.33. The summed E-state index contributed by atoms with van der Waals surface area (Å²) in [5, 5.41) is 6.36. The highest BCUT2D eigenvalue weighted by molar-refractivity contribution is 14.0. The van der Waals surface area contributed by atoms with Gasteiger partial charge in [-0.2, -0.15) is 0 Å². The van der Waals surface area contributed by atoms with Gasteiger partial charge in [0.2, 0.25) is 0 Å². The van der Waals surface area contributed by atoms with Gasteiger partial charge < -0.3 is 20.1 Å². The smallest absolute Gasteiger partial charge is 0.191 e. The third kappa shape index (κ3) is 7.29. The van der Waals surface area contributed by atoms with Crippen molar-refractivity contribution in [3.63, 3.8) is 0 Å². The standard InChI is InChI=1S/C22H28F2N4O2.HI/c1-25-22(26-14-17-13-18(23)5-8-20(17)24)27-15-21(28-9-11-30-12-10-28)16-3-6-19(29-2)7-4-16;/h3-8,13,21H,9-12,14-15H2,1-2H3,(H2,25,26,27);1H. The highest BCUT2D eigenvalue weighted by atomic mass is 127. The largest absolute Gasteiger partial charge is 0.497 e. The number of morpholine rings is 1. The quantitative estimate of drug-likeness (QED) is 0.317. The van der Waals surface area contributed by atoms with Crippen LogP contribution in [-0.4, -0.2) is 57.9 Å². The average molecular weight is 546 g/mol. The van der Waals surface area contributed by atoms with Gasteiger partial charge in [0.05, 0.1) is 26.4 Å². The fraction of sp³-hybridized carbons (Fsp3) is 0.409. The lowest BCUT2D eigenvalue weighted by Gasteiger charge is -2.35. The van der Waals surface area contributed by atoms with Crippen LogP contribution in [0.15, 0.2) is 47.5 Å². The van der Waals surface area contributed by atoms with Gasteiger partial charge in [-0.1, -0.05) is 12.1 Å². The molecular formula is C22H29F2IN4O2. The van der Waals surface area contributed by atoms with Gasteiger partial charge in [0.15, 0.2) is 5.96 Å². The van der Waals surface area contributed by atoms with Gasteiger partial charge >= 0.3 is 0 Å². The van der Waals surface area contributed by atoms with E-state index in [4.69, 9.17) is 9.47 Å². The lowest BCUT2D eigenvalue weighted by Crippen LogP contribution is -2.46. The van der Waals surface area contributed by atoms with Crippen molar-refractivity contribution in [1.29, 1.82) is 0 Å². The van der Waals surface area contributed by atoms with Gasteiger partial charge in [0.1, 0.15) is 17.4 Å². The fourth-order valence-corrected chi connectivity index (χ4v) is 3.44. The molecule has 1 aliphatic heterocycles. The molecule has 3 rings (SSSR count). The number of guanidine groups is 1. The Kier molecular flexibility index (Phi) is 10.4. The van der Waals surface area contributed by atoms with Crippen LogP contribution >= 0.6 is 24.0 Å². The van der Waals surface area contributed by atoms with Crippen molar-refractivity contribution in [1.82, 2.24) is 15.5 Å². The van der Waals surface area contributed by atoms with Crippen LogP contribution in [0.1, 0.15) is 17.2 Å². The fourth-order valence-electron chi connectivity index (χ4n) is 3.44. The third-order valence-corrected chi connectivity index (χ3v) is 5.13. The second kappa shape index (κ2) is 12.8. The van der Waals surface area contributed by atoms with E-state index in [-0.39, 0.29) is 42.1 Å². The topological polar surface area (TPSA) is 58.1 Å². The van der Waals surface area contributed by atoms with E-state index in [9.17, 15) is 8.78 Å². The van der Waals surface area contributed by atoms with E-state index in [1.165, 1.54) is 6.07 Å². The Morgan fingerprint density at radius 1 is 1.13 bits per heavy atom. The summed E-state index contributed by atoms with van der Waals surface area (Å²) in [4.78, 5) is 6.57. The molecule has 0 spiro atoms. The zero-order valence-electron chi connectivity index (χ0n) is 17.7. The first-order valence-corrected chi connectivity index (χ1v) is 9.95. The number of methoxy groups -OCH3 is 1. The molecule has 0 amide bonds. The summed E-state index contributed by atoms with van der Waals surface area (Å²) in [6, 6.07) is 11.5. The third-order valence-electron chi connectivity index (χ3n) is 5.13. The molecular weight excluding hydrogens is 517 g/mol. The Balaban J connectivity index is 0.00000341. The van der Waals surface area contributed by atoms with E-state index < -0.39 is 11.6 Å². The molecule has 31 heavy (non-hydrogen) atoms. The maximum absolute atomic E-state index is 13.9. The zero-order valence-corrected chi connectivity index (χ0v) is 20.1. The van der Waals surface area contributed by atoms with Crippen LogP contribution in [0, 0.1) is 11.6 Å². The number of halogens is 3. The van der Waals surface area contributed by atoms with Gasteiger partial charge in [-0.3, -0.25) is 9.89 Å². The summed E-state index contributed by atoms with van der Waals surface area (Å²) in [7, 11) is 3.29. The van der Waals surface area contributed by atoms with Gasteiger partial charge in [-0.25, -0.2) is 8.78 Å². The lowest BCUT2D eigenvalue weighted by atomic mass is 10.0. The molecule has 6 nitrogen and oxygen atoms in total. The number of nitrogens with zero attached hydrogens (tertiary/aromatic N) is 2. The molecule has 1 fully saturated rings. The molecule has 0 radical (unpaired) electrons. The number of nitrogens with one attached hydrogen (secondary N) is 2. The Morgan fingerprint density at radius 3 is 2.48 bits per heavy atom. The van der Waals surface area contributed by atoms with Gasteiger partial charge in [0.25, 0.3) is 0 Å². The van der Waals surface area contributed by atoms with E-state index in [0.717, 1.165) is 36.5 Å². The van der Waals surface area contributed by atoms with E-state index in [2.05, 4.69) is 32.7 Å². The molecule has 0 saturated carbocycles. The lowest BCUT2D eigenvalue weighted by molar-refractivity contribution is 0.0170. The summed E-state index contributed by atoms with van der Waals surface area (Å²) < 4.78 is 38.0. The molecule has 1 unspecified atom stereocenters. The summed E-state index contributed by atoms with van der Waals surface area (Å²) in [5.74, 6) is 0.402. The van der Waals surface area contributed by atoms with E-state index in [1.807, 2.05) is 12.1 Å². The molecule has 1 heterocycles.